The largest absolute Gasteiger partial charge is 0.417 e. The molecule has 0 atom stereocenters. The van der Waals surface area contributed by atoms with Crippen LogP contribution in [0.1, 0.15) is 104 Å². The fraction of sp³-hybridized carbons (Fsp3) is 1.00. The predicted octanol–water partition coefficient (Wildman–Crippen LogP) is 7.71. The van der Waals surface area contributed by atoms with Gasteiger partial charge in [0.2, 0.25) is 0 Å². The Balaban J connectivity index is 3.22. The molecule has 0 aliphatic heterocycles. The smallest absolute Gasteiger partial charge is 0.186 e. The van der Waals surface area contributed by atoms with Crippen LogP contribution in [0, 0.1) is 0 Å². The summed E-state index contributed by atoms with van der Waals surface area (Å²) in [5.41, 5.74) is 0. The Labute approximate surface area is 142 Å². The maximum Gasteiger partial charge on any atom is 0.186 e. The molecule has 0 saturated heterocycles. The van der Waals surface area contributed by atoms with Gasteiger partial charge in [-0.1, -0.05) is 97.3 Å². The molecule has 0 radical (unpaired) electrons. The van der Waals surface area contributed by atoms with Gasteiger partial charge in [-0.2, -0.15) is 0 Å². The highest BCUT2D eigenvalue weighted by Crippen LogP contribution is 2.18. The van der Waals surface area contributed by atoms with Crippen LogP contribution < -0.4 is 0 Å². The molecule has 0 aromatic heterocycles. The van der Waals surface area contributed by atoms with E-state index in [0.717, 1.165) is 6.61 Å². The van der Waals surface area contributed by atoms with E-state index < -0.39 is 8.32 Å². The lowest BCUT2D eigenvalue weighted by Gasteiger charge is -2.22. The topological polar surface area (TPSA) is 9.23 Å². The first-order chi connectivity index (χ1) is 10.6. The number of hydrogen-bond acceptors (Lipinski definition) is 1. The van der Waals surface area contributed by atoms with Gasteiger partial charge >= 0.3 is 0 Å². The molecule has 0 unspecified atom stereocenters. The van der Waals surface area contributed by atoms with Gasteiger partial charge in [-0.25, -0.2) is 0 Å². The molecule has 0 aliphatic rings. The fourth-order valence-electron chi connectivity index (χ4n) is 2.96. The van der Waals surface area contributed by atoms with Crippen molar-refractivity contribution in [1.29, 1.82) is 0 Å². The lowest BCUT2D eigenvalue weighted by atomic mass is 10.1. The van der Waals surface area contributed by atoms with Crippen molar-refractivity contribution < 1.29 is 4.43 Å². The first-order valence-electron chi connectivity index (χ1n) is 10.3. The minimum atomic E-state index is -1.34. The van der Waals surface area contributed by atoms with E-state index >= 15 is 0 Å². The second-order valence-corrected chi connectivity index (χ2v) is 11.9. The maximum atomic E-state index is 6.11. The summed E-state index contributed by atoms with van der Waals surface area (Å²) in [5.74, 6) is 0. The Morgan fingerprint density at radius 2 is 0.955 bits per heavy atom. The molecule has 0 spiro atoms. The first kappa shape index (κ1) is 22.2. The van der Waals surface area contributed by atoms with Gasteiger partial charge in [0.1, 0.15) is 0 Å². The molecule has 0 aromatic carbocycles. The highest BCUT2D eigenvalue weighted by molar-refractivity contribution is 6.71. The molecule has 1 nitrogen and oxygen atoms in total. The van der Waals surface area contributed by atoms with E-state index in [1.807, 2.05) is 0 Å². The van der Waals surface area contributed by atoms with Crippen LogP contribution in [0.3, 0.4) is 0 Å². The van der Waals surface area contributed by atoms with Crippen LogP contribution in [0.4, 0.5) is 0 Å². The van der Waals surface area contributed by atoms with E-state index in [9.17, 15) is 0 Å². The average molecular weight is 329 g/mol. The number of hydrogen-bond donors (Lipinski definition) is 0. The zero-order valence-corrected chi connectivity index (χ0v) is 17.2. The Morgan fingerprint density at radius 1 is 0.545 bits per heavy atom. The molecule has 22 heavy (non-hydrogen) atoms. The molecule has 0 bridgehead atoms. The van der Waals surface area contributed by atoms with Crippen molar-refractivity contribution in [2.75, 3.05) is 6.61 Å². The Kier molecular flexibility index (Phi) is 16.2. The Hall–Kier alpha value is 0.177. The van der Waals surface area contributed by atoms with Gasteiger partial charge in [0.05, 0.1) is 0 Å². The van der Waals surface area contributed by atoms with E-state index in [1.165, 1.54) is 95.9 Å². The van der Waals surface area contributed by atoms with Crippen molar-refractivity contribution in [3.63, 3.8) is 0 Å². The standard InChI is InChI=1S/C20H44OSi/c1-5-7-9-10-11-12-13-14-15-16-17-18-20-22(3,4)21-19-8-6-2/h5-20H2,1-4H3. The summed E-state index contributed by atoms with van der Waals surface area (Å²) in [6.07, 6.45) is 19.8. The summed E-state index contributed by atoms with van der Waals surface area (Å²) in [6, 6.07) is 1.36. The molecular formula is C20H44OSi. The Morgan fingerprint density at radius 3 is 1.41 bits per heavy atom. The summed E-state index contributed by atoms with van der Waals surface area (Å²) in [5, 5.41) is 0. The van der Waals surface area contributed by atoms with Gasteiger partial charge in [0.25, 0.3) is 0 Å². The first-order valence-corrected chi connectivity index (χ1v) is 13.4. The normalized spacial score (nSPS) is 12.0. The van der Waals surface area contributed by atoms with Gasteiger partial charge in [0, 0.05) is 6.61 Å². The highest BCUT2D eigenvalue weighted by Gasteiger charge is 2.20. The molecule has 0 saturated carbocycles. The van der Waals surface area contributed by atoms with Crippen LogP contribution in [-0.4, -0.2) is 14.9 Å². The van der Waals surface area contributed by atoms with Crippen molar-refractivity contribution in [2.24, 2.45) is 0 Å². The van der Waals surface area contributed by atoms with Gasteiger partial charge in [0.15, 0.2) is 8.32 Å². The van der Waals surface area contributed by atoms with Crippen molar-refractivity contribution >= 4 is 8.32 Å². The van der Waals surface area contributed by atoms with Crippen molar-refractivity contribution in [2.45, 2.75) is 123 Å². The maximum absolute atomic E-state index is 6.11. The Bertz CT molecular complexity index is 216. The zero-order valence-electron chi connectivity index (χ0n) is 16.2. The van der Waals surface area contributed by atoms with E-state index in [2.05, 4.69) is 26.9 Å². The highest BCUT2D eigenvalue weighted by atomic mass is 28.4. The molecular weight excluding hydrogens is 284 g/mol. The zero-order chi connectivity index (χ0) is 16.5. The molecule has 0 heterocycles. The molecule has 134 valence electrons. The van der Waals surface area contributed by atoms with Crippen LogP contribution in [0.2, 0.25) is 19.1 Å². The lowest BCUT2D eigenvalue weighted by Crippen LogP contribution is -2.30. The van der Waals surface area contributed by atoms with Crippen LogP contribution in [-0.2, 0) is 4.43 Å². The van der Waals surface area contributed by atoms with Gasteiger partial charge in [-0.3, -0.25) is 0 Å². The summed E-state index contributed by atoms with van der Waals surface area (Å²) < 4.78 is 6.11. The fourth-order valence-corrected chi connectivity index (χ4v) is 4.90. The number of unbranched alkanes of at least 4 members (excludes halogenated alkanes) is 12. The minimum absolute atomic E-state index is 0.994. The van der Waals surface area contributed by atoms with Gasteiger partial charge in [-0.05, 0) is 25.6 Å². The van der Waals surface area contributed by atoms with Crippen molar-refractivity contribution in [1.82, 2.24) is 0 Å². The third-order valence-electron chi connectivity index (χ3n) is 4.62. The van der Waals surface area contributed by atoms with Crippen molar-refractivity contribution in [3.8, 4) is 0 Å². The molecule has 0 aliphatic carbocycles. The molecule has 0 rings (SSSR count). The molecule has 0 amide bonds. The summed E-state index contributed by atoms with van der Waals surface area (Å²) in [6.45, 7) is 10.3. The second kappa shape index (κ2) is 16.0. The monoisotopic (exact) mass is 328 g/mol. The van der Waals surface area contributed by atoms with Crippen LogP contribution in [0.5, 0.6) is 0 Å². The summed E-state index contributed by atoms with van der Waals surface area (Å²) in [4.78, 5) is 0. The van der Waals surface area contributed by atoms with Crippen LogP contribution in [0.15, 0.2) is 0 Å². The number of rotatable bonds is 17. The van der Waals surface area contributed by atoms with E-state index in [1.54, 1.807) is 0 Å². The SMILES string of the molecule is CCCCCCCCCCCCCC[Si](C)(C)OCCCC. The van der Waals surface area contributed by atoms with Crippen molar-refractivity contribution in [3.05, 3.63) is 0 Å². The van der Waals surface area contributed by atoms with E-state index in [-0.39, 0.29) is 0 Å². The molecule has 0 aromatic rings. The van der Waals surface area contributed by atoms with Gasteiger partial charge < -0.3 is 4.43 Å². The average Bonchev–Trinajstić information content (AvgIpc) is 2.48. The van der Waals surface area contributed by atoms with Crippen LogP contribution >= 0.6 is 0 Å². The van der Waals surface area contributed by atoms with Crippen LogP contribution in [0.25, 0.3) is 0 Å². The third kappa shape index (κ3) is 16.5. The second-order valence-electron chi connectivity index (χ2n) is 7.60. The summed E-state index contributed by atoms with van der Waals surface area (Å²) >= 11 is 0. The molecule has 0 fully saturated rings. The van der Waals surface area contributed by atoms with E-state index in [4.69, 9.17) is 4.43 Å². The lowest BCUT2D eigenvalue weighted by molar-refractivity contribution is 0.297. The quantitative estimate of drug-likeness (QED) is 0.196. The van der Waals surface area contributed by atoms with Gasteiger partial charge in [-0.15, -0.1) is 0 Å². The minimum Gasteiger partial charge on any atom is -0.417 e. The van der Waals surface area contributed by atoms with E-state index in [0.29, 0.717) is 0 Å². The molecule has 0 N–H and O–H groups in total. The summed E-state index contributed by atoms with van der Waals surface area (Å²) in [7, 11) is -1.34. The predicted molar refractivity (Wildman–Crippen MR) is 104 cm³/mol. The molecule has 2 heteroatoms. The third-order valence-corrected chi connectivity index (χ3v) is 7.17.